The third kappa shape index (κ3) is 41.6. The van der Waals surface area contributed by atoms with Crippen molar-refractivity contribution >= 4 is 70.4 Å². The Labute approximate surface area is 542 Å². The highest BCUT2D eigenvalue weighted by molar-refractivity contribution is 5.91. The Hall–Kier alpha value is -8.48. The van der Waals surface area contributed by atoms with Crippen molar-refractivity contribution in [2.45, 2.75) is 103 Å². The fraction of sp³-hybridized carbons (Fsp3) is 0.789. The number of carbonyl (C=O) groups excluding carboxylic acids is 12. The van der Waals surface area contributed by atoms with Crippen LogP contribution in [0, 0.1) is 5.41 Å². The van der Waals surface area contributed by atoms with Gasteiger partial charge in [0.05, 0.1) is 136 Å². The second-order valence-corrected chi connectivity index (χ2v) is 22.5. The molecular weight excluding hydrogens is 1220 g/mol. The van der Waals surface area contributed by atoms with E-state index in [2.05, 4.69) is 40.1 Å². The van der Waals surface area contributed by atoms with Gasteiger partial charge in [-0.05, 0) is 73.5 Å². The lowest BCUT2D eigenvalue weighted by Crippen LogP contribution is -2.44. The lowest BCUT2D eigenvalue weighted by molar-refractivity contribution is -0.143. The summed E-state index contributed by atoms with van der Waals surface area (Å²) in [6.45, 7) is -3.20. The van der Waals surface area contributed by atoms with Crippen LogP contribution in [0.5, 0.6) is 0 Å². The van der Waals surface area contributed by atoms with E-state index in [1.807, 2.05) is 0 Å². The van der Waals surface area contributed by atoms with Crippen LogP contribution < -0.4 is 0 Å². The van der Waals surface area contributed by atoms with E-state index in [0.29, 0.717) is 51.4 Å². The normalized spacial score (nSPS) is 11.2. The zero-order valence-electron chi connectivity index (χ0n) is 55.4. The van der Waals surface area contributed by atoms with Crippen LogP contribution in [0.1, 0.15) is 103 Å². The summed E-state index contributed by atoms with van der Waals surface area (Å²) >= 11 is 0. The number of hydrogen-bond donors (Lipinski definition) is 0. The zero-order chi connectivity index (χ0) is 70.0. The molecule has 0 heterocycles. The number of amides is 8. The number of hydrogen-bond acceptors (Lipinski definition) is 20. The Morgan fingerprint density at radius 3 is 0.645 bits per heavy atom. The van der Waals surface area contributed by atoms with E-state index in [4.69, 9.17) is 41.1 Å². The smallest absolute Gasteiger partial charge is 0.242 e. The number of ether oxygens (including phenoxy) is 4. The van der Waals surface area contributed by atoms with Gasteiger partial charge in [0.15, 0.2) is 23.1 Å². The van der Waals surface area contributed by atoms with Gasteiger partial charge in [-0.3, -0.25) is 57.5 Å². The summed E-state index contributed by atoms with van der Waals surface area (Å²) in [5.74, 6) is -4.87. The van der Waals surface area contributed by atoms with E-state index < -0.39 is 52.7 Å². The molecule has 0 saturated heterocycles. The van der Waals surface area contributed by atoms with E-state index in [-0.39, 0.29) is 206 Å². The average Bonchev–Trinajstić information content (AvgIpc) is 2.81. The molecule has 0 saturated carbocycles. The predicted octanol–water partition coefficient (Wildman–Crippen LogP) is 3.47. The van der Waals surface area contributed by atoms with Gasteiger partial charge in [0.25, 0.3) is 0 Å². The predicted molar refractivity (Wildman–Crippen MR) is 337 cm³/mol. The van der Waals surface area contributed by atoms with Gasteiger partial charge < -0.3 is 58.1 Å². The van der Waals surface area contributed by atoms with E-state index in [9.17, 15) is 57.5 Å². The second kappa shape index (κ2) is 51.1. The van der Waals surface area contributed by atoms with Crippen LogP contribution in [0.15, 0.2) is 20.5 Å². The summed E-state index contributed by atoms with van der Waals surface area (Å²) in [5.41, 5.74) is 32.5. The molecule has 0 N–H and O–H groups in total. The number of rotatable bonds is 56. The van der Waals surface area contributed by atoms with Gasteiger partial charge in [-0.2, -0.15) is 0 Å². The van der Waals surface area contributed by atoms with Crippen LogP contribution in [0.25, 0.3) is 41.8 Å². The molecule has 0 atom stereocenters. The highest BCUT2D eigenvalue weighted by Gasteiger charge is 2.34. The first kappa shape index (κ1) is 84.5. The molecule has 0 aliphatic heterocycles. The van der Waals surface area contributed by atoms with Crippen molar-refractivity contribution in [1.29, 1.82) is 0 Å². The van der Waals surface area contributed by atoms with Crippen LogP contribution >= 0.6 is 0 Å². The highest BCUT2D eigenvalue weighted by atomic mass is 16.5. The van der Waals surface area contributed by atoms with Gasteiger partial charge in [0, 0.05) is 128 Å². The first-order valence-electron chi connectivity index (χ1n) is 30.6. The number of carbonyl (C=O) groups is 12. The van der Waals surface area contributed by atoms with E-state index in [1.54, 1.807) is 0 Å². The topological polar surface area (TPSA) is 463 Å². The minimum Gasteiger partial charge on any atom is -0.380 e. The Kier molecular flexibility index (Phi) is 46.4. The first-order valence-corrected chi connectivity index (χ1v) is 30.6. The molecule has 0 aliphatic carbocycles. The van der Waals surface area contributed by atoms with Crippen molar-refractivity contribution in [3.63, 3.8) is 0 Å². The lowest BCUT2D eigenvalue weighted by atomic mass is 9.92. The Bertz CT molecular complexity index is 2280. The molecule has 8 amide bonds. The van der Waals surface area contributed by atoms with E-state index in [1.165, 1.54) is 95.6 Å². The minimum absolute atomic E-state index is 0.165. The van der Waals surface area contributed by atoms with Crippen molar-refractivity contribution in [2.24, 2.45) is 25.9 Å². The van der Waals surface area contributed by atoms with Crippen molar-refractivity contribution in [1.82, 2.24) is 39.2 Å². The Balaban J connectivity index is 6.49. The molecule has 0 radical (unpaired) electrons. The molecule has 0 aromatic carbocycles. The molecule has 0 fully saturated rings. The lowest BCUT2D eigenvalue weighted by Gasteiger charge is -2.33. The molecule has 520 valence electrons. The Morgan fingerprint density at radius 1 is 0.280 bits per heavy atom. The maximum Gasteiger partial charge on any atom is 0.242 e. The third-order valence-electron chi connectivity index (χ3n) is 14.1. The standard InChI is InChI=1S/C57H96N20O16/c1-70(33-45(78)17-9-13-25-62-66-58)53(86)37-74(5)49(82)21-29-90-41-57(42-91-30-22-50(83)75(6)38-54(87)71(2)34-46(79)18-10-14-26-63-67-59,43-92-31-23-51(84)76(7)39-55(88)72(3)35-47(80)19-11-15-27-64-68-60)44-93-32-24-52(85)77(8)40-56(89)73(4)36-48(81)20-12-16-28-65-69-61/h9-44H2,1-8H3. The van der Waals surface area contributed by atoms with Crippen LogP contribution in [0.4, 0.5) is 0 Å². The molecular formula is C57H96N20O16. The molecule has 0 rings (SSSR count). The molecule has 0 aliphatic rings. The monoisotopic (exact) mass is 1320 g/mol. The van der Waals surface area contributed by atoms with Crippen LogP contribution in [0.2, 0.25) is 0 Å². The van der Waals surface area contributed by atoms with Crippen molar-refractivity contribution in [3.05, 3.63) is 41.8 Å². The molecule has 0 aromatic heterocycles. The molecule has 93 heavy (non-hydrogen) atoms. The summed E-state index contributed by atoms with van der Waals surface area (Å²) in [6.07, 6.45) is 3.59. The third-order valence-corrected chi connectivity index (χ3v) is 14.1. The maximum absolute atomic E-state index is 13.4. The average molecular weight is 1320 g/mol. The molecule has 0 unspecified atom stereocenters. The fourth-order valence-corrected chi connectivity index (χ4v) is 8.38. The summed E-state index contributed by atoms with van der Waals surface area (Å²) in [7, 11) is 11.3. The van der Waals surface area contributed by atoms with Crippen LogP contribution in [-0.4, -0.2) is 297 Å². The van der Waals surface area contributed by atoms with Crippen molar-refractivity contribution < 1.29 is 76.5 Å². The van der Waals surface area contributed by atoms with Gasteiger partial charge in [0.1, 0.15) is 0 Å². The fourth-order valence-electron chi connectivity index (χ4n) is 8.38. The van der Waals surface area contributed by atoms with Crippen LogP contribution in [0.3, 0.4) is 0 Å². The minimum atomic E-state index is -1.32. The number of ketones is 4. The molecule has 0 spiro atoms. The summed E-state index contributed by atoms with van der Waals surface area (Å²) in [5, 5.41) is 13.7. The number of azide groups is 4. The SMILES string of the molecule is CN(CC(=O)CCCCN=[N+]=[N-])C(=O)CN(C)C(=O)CCOCC(COCCC(=O)N(C)CC(=O)N(C)CC(=O)CCCCN=[N+]=[N-])(COCCC(=O)N(C)CC(=O)N(C)CC(=O)CCCCN=[N+]=[N-])COCCC(=O)N(C)CC(=O)N(C)CC(=O)CCCCN=[N+]=[N-]. The van der Waals surface area contributed by atoms with E-state index >= 15 is 0 Å². The van der Waals surface area contributed by atoms with E-state index in [0.717, 1.165) is 0 Å². The second-order valence-electron chi connectivity index (χ2n) is 22.5. The number of Topliss-reactive ketones (excluding diaryl/α,β-unsaturated/α-hetero) is 4. The highest BCUT2D eigenvalue weighted by Crippen LogP contribution is 2.22. The Morgan fingerprint density at radius 2 is 0.462 bits per heavy atom. The molecule has 36 heteroatoms. The molecule has 36 nitrogen and oxygen atoms in total. The summed E-state index contributed by atoms with van der Waals surface area (Å²) < 4.78 is 24.4. The van der Waals surface area contributed by atoms with Gasteiger partial charge >= 0.3 is 0 Å². The molecule has 0 bridgehead atoms. The first-order chi connectivity index (χ1) is 44.3. The quantitative estimate of drug-likeness (QED) is 0.0364. The zero-order valence-corrected chi connectivity index (χ0v) is 55.4. The van der Waals surface area contributed by atoms with Crippen molar-refractivity contribution in [2.75, 3.05) is 188 Å². The van der Waals surface area contributed by atoms with Gasteiger partial charge in [0.2, 0.25) is 47.3 Å². The maximum atomic E-state index is 13.4. The molecule has 0 aromatic rings. The number of nitrogens with zero attached hydrogens (tertiary/aromatic N) is 20. The number of unbranched alkanes of at least 4 members (excludes halogenated alkanes) is 4. The number of likely N-dealkylation sites (N-methyl/N-ethyl adjacent to an activating group) is 8. The summed E-state index contributed by atoms with van der Waals surface area (Å²) in [6, 6.07) is 0. The van der Waals surface area contributed by atoms with Crippen LogP contribution in [-0.2, 0) is 76.5 Å². The largest absolute Gasteiger partial charge is 0.380 e. The summed E-state index contributed by atoms with van der Waals surface area (Å²) in [4.78, 5) is 176. The van der Waals surface area contributed by atoms with Gasteiger partial charge in [-0.15, -0.1) is 0 Å². The van der Waals surface area contributed by atoms with Gasteiger partial charge in [-0.1, -0.05) is 20.5 Å². The van der Waals surface area contributed by atoms with Crippen molar-refractivity contribution in [3.8, 4) is 0 Å². The van der Waals surface area contributed by atoms with Gasteiger partial charge in [-0.25, -0.2) is 0 Å².